The summed E-state index contributed by atoms with van der Waals surface area (Å²) in [5.74, 6) is 0. The van der Waals surface area contributed by atoms with Gasteiger partial charge in [-0.3, -0.25) is 9.88 Å². The highest BCUT2D eigenvalue weighted by molar-refractivity contribution is 7.88. The molecule has 0 bridgehead atoms. The lowest BCUT2D eigenvalue weighted by molar-refractivity contribution is 0.0332. The van der Waals surface area contributed by atoms with E-state index in [1.54, 1.807) is 4.31 Å². The summed E-state index contributed by atoms with van der Waals surface area (Å²) in [6.45, 7) is 5.34. The molecule has 2 aliphatic rings. The van der Waals surface area contributed by atoms with Crippen LogP contribution in [0.5, 0.6) is 0 Å². The molecule has 2 saturated heterocycles. The van der Waals surface area contributed by atoms with E-state index >= 15 is 0 Å². The van der Waals surface area contributed by atoms with Crippen molar-refractivity contribution in [2.45, 2.75) is 51.1 Å². The van der Waals surface area contributed by atoms with Gasteiger partial charge in [0, 0.05) is 30.9 Å². The number of rotatable bonds is 3. The van der Waals surface area contributed by atoms with Crippen molar-refractivity contribution in [2.75, 3.05) is 25.9 Å². The number of hydrogen-bond donors (Lipinski definition) is 0. The van der Waals surface area contributed by atoms with E-state index in [9.17, 15) is 8.42 Å². The van der Waals surface area contributed by atoms with Crippen molar-refractivity contribution < 1.29 is 8.42 Å². The topological polar surface area (TPSA) is 53.5 Å². The molecule has 0 unspecified atom stereocenters. The van der Waals surface area contributed by atoms with Gasteiger partial charge in [0.05, 0.1) is 11.9 Å². The van der Waals surface area contributed by atoms with Gasteiger partial charge in [-0.05, 0) is 51.3 Å². The maximum atomic E-state index is 12.3. The Morgan fingerprint density at radius 2 is 1.96 bits per heavy atom. The first kappa shape index (κ1) is 16.9. The Kier molecular flexibility index (Phi) is 4.76. The van der Waals surface area contributed by atoms with Crippen molar-refractivity contribution in [1.29, 1.82) is 0 Å². The molecule has 1 aromatic rings. The Hall–Kier alpha value is -0.980. The van der Waals surface area contributed by atoms with E-state index < -0.39 is 10.0 Å². The van der Waals surface area contributed by atoms with Crippen LogP contribution in [0, 0.1) is 6.92 Å². The summed E-state index contributed by atoms with van der Waals surface area (Å²) in [6, 6.07) is 6.11. The van der Waals surface area contributed by atoms with E-state index in [4.69, 9.17) is 0 Å². The monoisotopic (exact) mass is 337 g/mol. The largest absolute Gasteiger partial charge is 0.296 e. The van der Waals surface area contributed by atoms with E-state index in [-0.39, 0.29) is 5.54 Å². The van der Waals surface area contributed by atoms with Crippen molar-refractivity contribution in [3.05, 3.63) is 29.6 Å². The van der Waals surface area contributed by atoms with Gasteiger partial charge in [0.1, 0.15) is 0 Å². The summed E-state index contributed by atoms with van der Waals surface area (Å²) in [4.78, 5) is 6.98. The summed E-state index contributed by atoms with van der Waals surface area (Å²) in [6.07, 6.45) is 6.49. The average molecular weight is 337 g/mol. The van der Waals surface area contributed by atoms with Gasteiger partial charge in [0.25, 0.3) is 0 Å². The fourth-order valence-electron chi connectivity index (χ4n) is 4.25. The van der Waals surface area contributed by atoms with E-state index in [0.29, 0.717) is 6.54 Å². The lowest BCUT2D eigenvalue weighted by Crippen LogP contribution is -2.61. The molecule has 0 amide bonds. The lowest BCUT2D eigenvalue weighted by Gasteiger charge is -2.51. The van der Waals surface area contributed by atoms with Crippen molar-refractivity contribution in [3.63, 3.8) is 0 Å². The van der Waals surface area contributed by atoms with Gasteiger partial charge >= 0.3 is 0 Å². The van der Waals surface area contributed by atoms with Crippen molar-refractivity contribution in [1.82, 2.24) is 14.2 Å². The third-order valence-electron chi connectivity index (χ3n) is 5.15. The number of pyridine rings is 1. The smallest absolute Gasteiger partial charge is 0.211 e. The SMILES string of the molecule is Cc1cccc(CN2CCC[C@@]3(CCCCN3S(C)(=O)=O)C2)n1. The molecular weight excluding hydrogens is 310 g/mol. The first-order chi connectivity index (χ1) is 10.9. The maximum absolute atomic E-state index is 12.3. The zero-order valence-electron chi connectivity index (χ0n) is 14.2. The molecule has 2 fully saturated rings. The Balaban J connectivity index is 1.78. The Labute approximate surface area is 139 Å². The normalized spacial score (nSPS) is 27.4. The summed E-state index contributed by atoms with van der Waals surface area (Å²) < 4.78 is 26.3. The number of hydrogen-bond acceptors (Lipinski definition) is 4. The number of nitrogens with zero attached hydrogens (tertiary/aromatic N) is 3. The molecule has 0 radical (unpaired) electrons. The fraction of sp³-hybridized carbons (Fsp3) is 0.706. The van der Waals surface area contributed by atoms with Gasteiger partial charge in [-0.15, -0.1) is 0 Å². The number of piperidine rings is 2. The Bertz CT molecular complexity index is 658. The first-order valence-electron chi connectivity index (χ1n) is 8.52. The van der Waals surface area contributed by atoms with Crippen LogP contribution in [0.1, 0.15) is 43.5 Å². The summed E-state index contributed by atoms with van der Waals surface area (Å²) >= 11 is 0. The van der Waals surface area contributed by atoms with E-state index in [0.717, 1.165) is 63.1 Å². The minimum absolute atomic E-state index is 0.200. The first-order valence-corrected chi connectivity index (χ1v) is 10.4. The highest BCUT2D eigenvalue weighted by Crippen LogP contribution is 2.38. The van der Waals surface area contributed by atoms with Gasteiger partial charge in [0.15, 0.2) is 0 Å². The Morgan fingerprint density at radius 3 is 2.70 bits per heavy atom. The van der Waals surface area contributed by atoms with Crippen LogP contribution in [0.3, 0.4) is 0 Å². The number of likely N-dealkylation sites (tertiary alicyclic amines) is 1. The molecule has 0 saturated carbocycles. The van der Waals surface area contributed by atoms with Crippen LogP contribution in [0.15, 0.2) is 18.2 Å². The summed E-state index contributed by atoms with van der Waals surface area (Å²) in [5, 5.41) is 0. The van der Waals surface area contributed by atoms with Crippen molar-refractivity contribution in [2.24, 2.45) is 0 Å². The summed E-state index contributed by atoms with van der Waals surface area (Å²) in [7, 11) is -3.15. The van der Waals surface area contributed by atoms with Gasteiger partial charge in [-0.25, -0.2) is 8.42 Å². The van der Waals surface area contributed by atoms with Crippen LogP contribution in [0.2, 0.25) is 0 Å². The third-order valence-corrected chi connectivity index (χ3v) is 6.52. The standard InChI is InChI=1S/C17H27N3O2S/c1-15-7-5-8-16(18-15)13-19-11-6-10-17(14-19)9-3-4-12-20(17)23(2,21)22/h5,7-8H,3-4,6,9-14H2,1-2H3/t17-/m0/s1. The minimum atomic E-state index is -3.15. The predicted molar refractivity (Wildman–Crippen MR) is 91.6 cm³/mol. The highest BCUT2D eigenvalue weighted by Gasteiger charge is 2.45. The predicted octanol–water partition coefficient (Wildman–Crippen LogP) is 2.17. The number of sulfonamides is 1. The molecule has 0 aliphatic carbocycles. The molecule has 6 heteroatoms. The molecule has 3 rings (SSSR count). The maximum Gasteiger partial charge on any atom is 0.211 e. The third kappa shape index (κ3) is 3.75. The van der Waals surface area contributed by atoms with Gasteiger partial charge < -0.3 is 0 Å². The molecule has 128 valence electrons. The zero-order chi connectivity index (χ0) is 16.5. The van der Waals surface area contributed by atoms with Crippen molar-refractivity contribution >= 4 is 10.0 Å². The van der Waals surface area contributed by atoms with Crippen LogP contribution in [-0.4, -0.2) is 54.0 Å². The molecule has 5 nitrogen and oxygen atoms in total. The second kappa shape index (κ2) is 6.49. The molecule has 2 aliphatic heterocycles. The van der Waals surface area contributed by atoms with Gasteiger partial charge in [-0.1, -0.05) is 12.5 Å². The zero-order valence-corrected chi connectivity index (χ0v) is 15.0. The molecule has 1 atom stereocenters. The molecule has 1 spiro atoms. The number of aryl methyl sites for hydroxylation is 1. The highest BCUT2D eigenvalue weighted by atomic mass is 32.2. The van der Waals surface area contributed by atoms with Crippen LogP contribution < -0.4 is 0 Å². The quantitative estimate of drug-likeness (QED) is 0.848. The molecule has 3 heterocycles. The average Bonchev–Trinajstić information content (AvgIpc) is 2.46. The van der Waals surface area contributed by atoms with Gasteiger partial charge in [0.2, 0.25) is 10.0 Å². The Morgan fingerprint density at radius 1 is 1.17 bits per heavy atom. The fourth-order valence-corrected chi connectivity index (χ4v) is 5.66. The minimum Gasteiger partial charge on any atom is -0.296 e. The van der Waals surface area contributed by atoms with Crippen molar-refractivity contribution in [3.8, 4) is 0 Å². The second-order valence-corrected chi connectivity index (χ2v) is 9.01. The second-order valence-electron chi connectivity index (χ2n) is 7.10. The van der Waals surface area contributed by atoms with Crippen LogP contribution in [0.4, 0.5) is 0 Å². The summed E-state index contributed by atoms with van der Waals surface area (Å²) in [5.41, 5.74) is 1.90. The van der Waals surface area contributed by atoms with Gasteiger partial charge in [-0.2, -0.15) is 4.31 Å². The molecule has 0 N–H and O–H groups in total. The molecule has 23 heavy (non-hydrogen) atoms. The lowest BCUT2D eigenvalue weighted by atomic mass is 9.81. The number of aromatic nitrogens is 1. The van der Waals surface area contributed by atoms with E-state index in [2.05, 4.69) is 16.0 Å². The van der Waals surface area contributed by atoms with Crippen LogP contribution in [0.25, 0.3) is 0 Å². The molecule has 1 aromatic heterocycles. The van der Waals surface area contributed by atoms with E-state index in [1.165, 1.54) is 6.26 Å². The molecule has 0 aromatic carbocycles. The van der Waals surface area contributed by atoms with Crippen LogP contribution in [-0.2, 0) is 16.6 Å². The molecular formula is C17H27N3O2S. The van der Waals surface area contributed by atoms with Crippen LogP contribution >= 0.6 is 0 Å². The van der Waals surface area contributed by atoms with E-state index in [1.807, 2.05) is 19.1 Å².